The van der Waals surface area contributed by atoms with E-state index in [0.717, 1.165) is 51.4 Å². The van der Waals surface area contributed by atoms with E-state index in [-0.39, 0.29) is 23.2 Å². The van der Waals surface area contributed by atoms with Crippen LogP contribution in [0.15, 0.2) is 11.1 Å². The van der Waals surface area contributed by atoms with Crippen LogP contribution in [-0.2, 0) is 14.4 Å². The van der Waals surface area contributed by atoms with Crippen LogP contribution in [0.25, 0.3) is 0 Å². The highest BCUT2D eigenvalue weighted by Crippen LogP contribution is 2.72. The Morgan fingerprint density at radius 2 is 1.59 bits per heavy atom. The Bertz CT molecular complexity index is 1330. The molecule has 0 radical (unpaired) electrons. The molecule has 0 bridgehead atoms. The number of nitrogens with one attached hydrogen (secondary N) is 2. The van der Waals surface area contributed by atoms with Gasteiger partial charge < -0.3 is 15.7 Å². The fourth-order valence-corrected chi connectivity index (χ4v) is 14.4. The summed E-state index contributed by atoms with van der Waals surface area (Å²) in [6.07, 6.45) is 15.5. The SMILES string of the molecule is CC(C)C1=C2C3CCC4C(C)(CCC5C(C)C(CC(=O)C6CC(C(=O)O)C6C)CCC54C)C3CCC2(CCNCC2CCNCC2)CC1=O. The normalized spacial score (nSPS) is 45.3. The van der Waals surface area contributed by atoms with Gasteiger partial charge in [-0.3, -0.25) is 14.4 Å². The van der Waals surface area contributed by atoms with E-state index in [9.17, 15) is 19.5 Å². The summed E-state index contributed by atoms with van der Waals surface area (Å²) in [4.78, 5) is 38.8. The van der Waals surface area contributed by atoms with Gasteiger partial charge in [-0.15, -0.1) is 0 Å². The van der Waals surface area contributed by atoms with Crippen molar-refractivity contribution >= 4 is 17.5 Å². The largest absolute Gasteiger partial charge is 0.481 e. The monoisotopic (exact) mass is 677 g/mol. The quantitative estimate of drug-likeness (QED) is 0.203. The second-order valence-electron chi connectivity index (χ2n) is 19.5. The summed E-state index contributed by atoms with van der Waals surface area (Å²) >= 11 is 0. The van der Waals surface area contributed by atoms with E-state index in [1.54, 1.807) is 5.57 Å². The molecule has 6 heteroatoms. The minimum absolute atomic E-state index is 0.0222. The average Bonchev–Trinajstić information content (AvgIpc) is 3.36. The number of carbonyl (C=O) groups excluding carboxylic acids is 2. The van der Waals surface area contributed by atoms with Gasteiger partial charge in [-0.05, 0) is 173 Å². The topological polar surface area (TPSA) is 95.5 Å². The van der Waals surface area contributed by atoms with Gasteiger partial charge in [0, 0.05) is 24.2 Å². The van der Waals surface area contributed by atoms with E-state index in [4.69, 9.17) is 0 Å². The molecule has 6 nitrogen and oxygen atoms in total. The van der Waals surface area contributed by atoms with Crippen molar-refractivity contribution in [2.75, 3.05) is 26.2 Å². The zero-order valence-corrected chi connectivity index (χ0v) is 31.8. The summed E-state index contributed by atoms with van der Waals surface area (Å²) in [5.74, 6) is 4.31. The molecule has 1 saturated heterocycles. The summed E-state index contributed by atoms with van der Waals surface area (Å²) < 4.78 is 0. The van der Waals surface area contributed by atoms with Gasteiger partial charge in [0.15, 0.2) is 5.78 Å². The van der Waals surface area contributed by atoms with E-state index in [0.29, 0.717) is 76.7 Å². The van der Waals surface area contributed by atoms with Crippen molar-refractivity contribution in [3.8, 4) is 0 Å². The summed E-state index contributed by atoms with van der Waals surface area (Å²) in [5, 5.41) is 16.8. The molecule has 7 rings (SSSR count). The molecule has 0 aromatic carbocycles. The van der Waals surface area contributed by atoms with Gasteiger partial charge in [0.1, 0.15) is 5.78 Å². The molecule has 1 aliphatic heterocycles. The van der Waals surface area contributed by atoms with Crippen LogP contribution in [-0.4, -0.2) is 48.8 Å². The highest BCUT2D eigenvalue weighted by Gasteiger charge is 2.64. The summed E-state index contributed by atoms with van der Waals surface area (Å²) in [7, 11) is 0. The number of piperidine rings is 1. The summed E-state index contributed by atoms with van der Waals surface area (Å²) in [5.41, 5.74) is 3.55. The molecule has 0 aromatic heterocycles. The second kappa shape index (κ2) is 13.5. The number of hydrogen-bond donors (Lipinski definition) is 3. The highest BCUT2D eigenvalue weighted by molar-refractivity contribution is 6.00. The molecule has 274 valence electrons. The van der Waals surface area contributed by atoms with Gasteiger partial charge in [-0.2, -0.15) is 0 Å². The molecule has 5 saturated carbocycles. The molecule has 49 heavy (non-hydrogen) atoms. The van der Waals surface area contributed by atoms with Gasteiger partial charge in [-0.1, -0.05) is 47.1 Å². The van der Waals surface area contributed by atoms with Gasteiger partial charge in [0.2, 0.25) is 0 Å². The third kappa shape index (κ3) is 5.93. The van der Waals surface area contributed by atoms with Crippen LogP contribution < -0.4 is 10.6 Å². The second-order valence-corrected chi connectivity index (χ2v) is 19.5. The van der Waals surface area contributed by atoms with Crippen molar-refractivity contribution in [1.29, 1.82) is 0 Å². The van der Waals surface area contributed by atoms with Crippen molar-refractivity contribution in [2.24, 2.45) is 81.3 Å². The number of Topliss-reactive ketones (excluding diaryl/α,β-unsaturated/α-hetero) is 2. The van der Waals surface area contributed by atoms with Crippen LogP contribution in [0, 0.1) is 81.3 Å². The van der Waals surface area contributed by atoms with Crippen LogP contribution in [0.1, 0.15) is 131 Å². The zero-order valence-electron chi connectivity index (χ0n) is 31.8. The molecule has 0 spiro atoms. The average molecular weight is 677 g/mol. The lowest BCUT2D eigenvalue weighted by atomic mass is 9.37. The number of carboxylic acid groups (broad SMARTS) is 1. The third-order valence-electron chi connectivity index (χ3n) is 17.2. The molecule has 6 aliphatic carbocycles. The number of carbonyl (C=O) groups is 3. The minimum Gasteiger partial charge on any atom is -0.481 e. The lowest BCUT2D eigenvalue weighted by Gasteiger charge is -2.67. The van der Waals surface area contributed by atoms with E-state index in [2.05, 4.69) is 45.3 Å². The van der Waals surface area contributed by atoms with E-state index in [1.807, 2.05) is 6.92 Å². The van der Waals surface area contributed by atoms with E-state index < -0.39 is 5.97 Å². The highest BCUT2D eigenvalue weighted by atomic mass is 16.4. The fraction of sp³-hybridized carbons (Fsp3) is 0.884. The Morgan fingerprint density at radius 1 is 0.898 bits per heavy atom. The van der Waals surface area contributed by atoms with Gasteiger partial charge in [0.25, 0.3) is 0 Å². The Hall–Kier alpha value is -1.53. The molecular formula is C43H68N2O4. The van der Waals surface area contributed by atoms with Crippen molar-refractivity contribution in [3.63, 3.8) is 0 Å². The van der Waals surface area contributed by atoms with Crippen LogP contribution in [0.4, 0.5) is 0 Å². The number of rotatable bonds is 10. The molecule has 12 atom stereocenters. The predicted molar refractivity (Wildman–Crippen MR) is 195 cm³/mol. The number of fused-ring (bicyclic) bond motifs is 7. The van der Waals surface area contributed by atoms with E-state index in [1.165, 1.54) is 63.4 Å². The van der Waals surface area contributed by atoms with Crippen LogP contribution >= 0.6 is 0 Å². The van der Waals surface area contributed by atoms with Crippen molar-refractivity contribution in [1.82, 2.24) is 10.6 Å². The van der Waals surface area contributed by atoms with Crippen LogP contribution in [0.2, 0.25) is 0 Å². The Balaban J connectivity index is 1.05. The Kier molecular flexibility index (Phi) is 9.85. The Labute approximate surface area is 297 Å². The smallest absolute Gasteiger partial charge is 0.306 e. The lowest BCUT2D eigenvalue weighted by molar-refractivity contribution is -0.172. The molecule has 7 aliphatic rings. The maximum absolute atomic E-state index is 13.9. The van der Waals surface area contributed by atoms with Gasteiger partial charge in [0.05, 0.1) is 5.92 Å². The first-order valence-electron chi connectivity index (χ1n) is 20.8. The molecule has 0 amide bonds. The number of aliphatic carboxylic acids is 1. The fourth-order valence-electron chi connectivity index (χ4n) is 14.4. The van der Waals surface area contributed by atoms with Gasteiger partial charge >= 0.3 is 5.97 Å². The lowest BCUT2D eigenvalue weighted by Crippen LogP contribution is -2.60. The Morgan fingerprint density at radius 3 is 2.29 bits per heavy atom. The summed E-state index contributed by atoms with van der Waals surface area (Å²) in [6.45, 7) is 18.7. The molecule has 12 unspecified atom stereocenters. The minimum atomic E-state index is -0.738. The summed E-state index contributed by atoms with van der Waals surface area (Å²) in [6, 6.07) is 0. The maximum Gasteiger partial charge on any atom is 0.306 e. The van der Waals surface area contributed by atoms with E-state index >= 15 is 0 Å². The van der Waals surface area contributed by atoms with Crippen molar-refractivity contribution in [2.45, 2.75) is 131 Å². The number of carboxylic acids is 1. The van der Waals surface area contributed by atoms with Crippen LogP contribution in [0.5, 0.6) is 0 Å². The molecule has 6 fully saturated rings. The van der Waals surface area contributed by atoms with Gasteiger partial charge in [-0.25, -0.2) is 0 Å². The van der Waals surface area contributed by atoms with Crippen LogP contribution in [0.3, 0.4) is 0 Å². The maximum atomic E-state index is 13.9. The first-order valence-corrected chi connectivity index (χ1v) is 20.8. The number of allylic oxidation sites excluding steroid dienone is 2. The molecule has 0 aromatic rings. The third-order valence-corrected chi connectivity index (χ3v) is 17.2. The predicted octanol–water partition coefficient (Wildman–Crippen LogP) is 8.10. The van der Waals surface area contributed by atoms with Crippen molar-refractivity contribution in [3.05, 3.63) is 11.1 Å². The number of hydrogen-bond acceptors (Lipinski definition) is 5. The molecule has 1 heterocycles. The zero-order chi connectivity index (χ0) is 34.9. The standard InChI is InChI=1S/C43H68N2O4/c1-25(2)38-36(47)23-43(17-20-45-24-28-12-18-44-19-13-28)16-11-34-30(39(38)43)7-8-37-41(5)14-9-29(26(3)33(41)10-15-42(34,37)6)21-35(46)31-22-32(27(31)4)40(48)49/h25-34,37,44-45H,7-24H2,1-6H3,(H,48,49). The number of ketones is 2. The first-order chi connectivity index (χ1) is 23.3. The molecular weight excluding hydrogens is 608 g/mol. The first kappa shape index (κ1) is 35.9. The van der Waals surface area contributed by atoms with Crippen molar-refractivity contribution < 1.29 is 19.5 Å². The molecule has 3 N–H and O–H groups in total.